The first kappa shape index (κ1) is 16.7. The molecule has 3 rings (SSSR count). The Balaban J connectivity index is 1.65. The monoisotopic (exact) mass is 324 g/mol. The first-order chi connectivity index (χ1) is 11.8. The summed E-state index contributed by atoms with van der Waals surface area (Å²) < 4.78 is 5.68. The number of nitrogens with zero attached hydrogens (tertiary/aromatic N) is 3. The molecule has 24 heavy (non-hydrogen) atoms. The largest absolute Gasteiger partial charge is 0.376 e. The Hall–Kier alpha value is -2.19. The first-order valence-corrected chi connectivity index (χ1v) is 8.65. The summed E-state index contributed by atoms with van der Waals surface area (Å²) in [6.45, 7) is 3.43. The highest BCUT2D eigenvalue weighted by Gasteiger charge is 2.18. The summed E-state index contributed by atoms with van der Waals surface area (Å²) in [5.41, 5.74) is 3.19. The molecule has 0 spiro atoms. The summed E-state index contributed by atoms with van der Waals surface area (Å²) in [6, 6.07) is 3.88. The molecule has 0 bridgehead atoms. The van der Waals surface area contributed by atoms with Crippen LogP contribution in [0.5, 0.6) is 0 Å². The van der Waals surface area contributed by atoms with Gasteiger partial charge < -0.3 is 10.6 Å². The molecule has 1 aromatic heterocycles. The third-order valence-corrected chi connectivity index (χ3v) is 4.28. The first-order valence-electron chi connectivity index (χ1n) is 8.65. The Morgan fingerprint density at radius 2 is 2.25 bits per heavy atom. The molecule has 1 unspecified atom stereocenters. The number of hydrogen-bond donors (Lipinski definition) is 1. The zero-order valence-electron chi connectivity index (χ0n) is 14.2. The van der Waals surface area contributed by atoms with E-state index >= 15 is 0 Å². The molecule has 1 atom stereocenters. The Bertz CT molecular complexity index is 689. The van der Waals surface area contributed by atoms with Crippen molar-refractivity contribution >= 4 is 11.9 Å². The van der Waals surface area contributed by atoms with Gasteiger partial charge in [-0.1, -0.05) is 5.92 Å². The molecule has 2 heterocycles. The van der Waals surface area contributed by atoms with Crippen LogP contribution in [0.2, 0.25) is 0 Å². The number of hydrazone groups is 1. The SMILES string of the molecule is Cc1nc(C#CC2CC2)ccc1/C(C=NCC1CCCCO1)=N/N. The maximum absolute atomic E-state index is 5.68. The number of aromatic nitrogens is 1. The van der Waals surface area contributed by atoms with Crippen LogP contribution in [0, 0.1) is 24.7 Å². The smallest absolute Gasteiger partial charge is 0.113 e. The molecule has 0 aromatic carbocycles. The molecule has 2 aliphatic rings. The highest BCUT2D eigenvalue weighted by Crippen LogP contribution is 2.27. The molecule has 1 saturated carbocycles. The minimum atomic E-state index is 0.216. The molecule has 5 nitrogen and oxygen atoms in total. The van der Waals surface area contributed by atoms with Crippen LogP contribution in [0.25, 0.3) is 0 Å². The van der Waals surface area contributed by atoms with Crippen molar-refractivity contribution < 1.29 is 4.74 Å². The van der Waals surface area contributed by atoms with Gasteiger partial charge in [-0.25, -0.2) is 4.98 Å². The normalized spacial score (nSPS) is 21.5. The molecule has 5 heteroatoms. The minimum Gasteiger partial charge on any atom is -0.376 e. The van der Waals surface area contributed by atoms with E-state index in [-0.39, 0.29) is 6.10 Å². The van der Waals surface area contributed by atoms with Crippen molar-refractivity contribution in [2.45, 2.75) is 45.1 Å². The molecule has 2 fully saturated rings. The lowest BCUT2D eigenvalue weighted by atomic mass is 10.1. The number of aryl methyl sites for hydroxylation is 1. The molecule has 2 N–H and O–H groups in total. The standard InChI is InChI=1S/C19H24N4O/c1-14-18(10-9-16(22-14)8-7-15-5-6-15)19(23-20)13-21-12-17-4-2-3-11-24-17/h9-10,13,15,17H,2-6,11-12,20H2,1H3/b21-13?,23-19+. The minimum absolute atomic E-state index is 0.216. The Morgan fingerprint density at radius 1 is 1.38 bits per heavy atom. The number of hydrogen-bond acceptors (Lipinski definition) is 5. The number of nitrogens with two attached hydrogens (primary N) is 1. The lowest BCUT2D eigenvalue weighted by Gasteiger charge is -2.20. The van der Waals surface area contributed by atoms with Gasteiger partial charge in [0.05, 0.1) is 12.6 Å². The maximum atomic E-state index is 5.68. The summed E-state index contributed by atoms with van der Waals surface area (Å²) >= 11 is 0. The summed E-state index contributed by atoms with van der Waals surface area (Å²) in [5, 5.41) is 3.87. The quantitative estimate of drug-likeness (QED) is 0.400. The van der Waals surface area contributed by atoms with Gasteiger partial charge >= 0.3 is 0 Å². The predicted molar refractivity (Wildman–Crippen MR) is 96.3 cm³/mol. The molecule has 0 amide bonds. The third kappa shape index (κ3) is 4.65. The zero-order chi connectivity index (χ0) is 16.8. The Labute approximate surface area is 143 Å². The van der Waals surface area contributed by atoms with Crippen molar-refractivity contribution in [2.24, 2.45) is 21.9 Å². The zero-order valence-corrected chi connectivity index (χ0v) is 14.2. The van der Waals surface area contributed by atoms with Gasteiger partial charge in [0, 0.05) is 30.0 Å². The second-order valence-corrected chi connectivity index (χ2v) is 6.37. The van der Waals surface area contributed by atoms with Gasteiger partial charge in [0.25, 0.3) is 0 Å². The average molecular weight is 324 g/mol. The summed E-state index contributed by atoms with van der Waals surface area (Å²) in [5.74, 6) is 12.5. The summed E-state index contributed by atoms with van der Waals surface area (Å²) in [4.78, 5) is 9.00. The van der Waals surface area contributed by atoms with Crippen LogP contribution >= 0.6 is 0 Å². The molecule has 0 radical (unpaired) electrons. The van der Waals surface area contributed by atoms with Crippen LogP contribution in [0.3, 0.4) is 0 Å². The Kier molecular flexibility index (Phi) is 5.60. The highest BCUT2D eigenvalue weighted by molar-refractivity contribution is 6.38. The van der Waals surface area contributed by atoms with Crippen molar-refractivity contribution in [3.63, 3.8) is 0 Å². The molecular weight excluding hydrogens is 300 g/mol. The third-order valence-electron chi connectivity index (χ3n) is 4.28. The van der Waals surface area contributed by atoms with Gasteiger partial charge in [0.2, 0.25) is 0 Å². The van der Waals surface area contributed by atoms with Crippen molar-refractivity contribution in [1.82, 2.24) is 4.98 Å². The van der Waals surface area contributed by atoms with E-state index < -0.39 is 0 Å². The fraction of sp³-hybridized carbons (Fsp3) is 0.526. The van der Waals surface area contributed by atoms with Crippen molar-refractivity contribution in [2.75, 3.05) is 13.2 Å². The van der Waals surface area contributed by atoms with Crippen LogP contribution in [0.15, 0.2) is 22.2 Å². The van der Waals surface area contributed by atoms with E-state index in [0.29, 0.717) is 18.2 Å². The second-order valence-electron chi connectivity index (χ2n) is 6.37. The van der Waals surface area contributed by atoms with Crippen LogP contribution in [-0.2, 0) is 4.74 Å². The maximum Gasteiger partial charge on any atom is 0.113 e. The summed E-state index contributed by atoms with van der Waals surface area (Å²) in [6.07, 6.45) is 7.80. The van der Waals surface area contributed by atoms with Gasteiger partial charge in [-0.15, -0.1) is 0 Å². The van der Waals surface area contributed by atoms with E-state index in [1.807, 2.05) is 19.1 Å². The fourth-order valence-corrected chi connectivity index (χ4v) is 2.69. The second kappa shape index (κ2) is 8.07. The summed E-state index contributed by atoms with van der Waals surface area (Å²) in [7, 11) is 0. The van der Waals surface area contributed by atoms with Crippen molar-refractivity contribution in [1.29, 1.82) is 0 Å². The number of pyridine rings is 1. The van der Waals surface area contributed by atoms with Crippen LogP contribution in [-0.4, -0.2) is 36.2 Å². The molecule has 1 aromatic rings. The number of ether oxygens (including phenoxy) is 1. The van der Waals surface area contributed by atoms with E-state index in [1.54, 1.807) is 6.21 Å². The highest BCUT2D eigenvalue weighted by atomic mass is 16.5. The van der Waals surface area contributed by atoms with Gasteiger partial charge in [-0.2, -0.15) is 5.10 Å². The van der Waals surface area contributed by atoms with Gasteiger partial charge in [-0.05, 0) is 57.1 Å². The Morgan fingerprint density at radius 3 is 2.92 bits per heavy atom. The van der Waals surface area contributed by atoms with E-state index in [1.165, 1.54) is 19.3 Å². The molecule has 1 aliphatic carbocycles. The van der Waals surface area contributed by atoms with Crippen molar-refractivity contribution in [3.8, 4) is 11.8 Å². The van der Waals surface area contributed by atoms with Crippen LogP contribution in [0.4, 0.5) is 0 Å². The van der Waals surface area contributed by atoms with Gasteiger partial charge in [-0.3, -0.25) is 4.99 Å². The van der Waals surface area contributed by atoms with Crippen molar-refractivity contribution in [3.05, 3.63) is 29.1 Å². The van der Waals surface area contributed by atoms with E-state index in [9.17, 15) is 0 Å². The molecule has 1 saturated heterocycles. The van der Waals surface area contributed by atoms with E-state index in [0.717, 1.165) is 36.4 Å². The lowest BCUT2D eigenvalue weighted by Crippen LogP contribution is -2.22. The van der Waals surface area contributed by atoms with Gasteiger partial charge in [0.1, 0.15) is 11.4 Å². The fourth-order valence-electron chi connectivity index (χ4n) is 2.69. The average Bonchev–Trinajstić information content (AvgIpc) is 3.43. The van der Waals surface area contributed by atoms with Crippen LogP contribution in [0.1, 0.15) is 49.1 Å². The number of rotatable bonds is 4. The van der Waals surface area contributed by atoms with Gasteiger partial charge in [0.15, 0.2) is 0 Å². The number of aliphatic imine (C=N–C) groups is 1. The topological polar surface area (TPSA) is 72.9 Å². The molecule has 126 valence electrons. The van der Waals surface area contributed by atoms with Crippen LogP contribution < -0.4 is 5.84 Å². The van der Waals surface area contributed by atoms with E-state index in [2.05, 4.69) is 26.9 Å². The molecular formula is C19H24N4O. The molecule has 1 aliphatic heterocycles. The predicted octanol–water partition coefficient (Wildman–Crippen LogP) is 2.45. The van der Waals surface area contributed by atoms with E-state index in [4.69, 9.17) is 10.6 Å². The lowest BCUT2D eigenvalue weighted by molar-refractivity contribution is 0.0226.